The van der Waals surface area contributed by atoms with Crippen molar-refractivity contribution in [3.63, 3.8) is 0 Å². The Labute approximate surface area is 188 Å². The van der Waals surface area contributed by atoms with Gasteiger partial charge in [0.15, 0.2) is 0 Å². The first-order chi connectivity index (χ1) is 15.3. The fourth-order valence-electron chi connectivity index (χ4n) is 3.54. The molecule has 1 fully saturated rings. The number of thioether (sulfide) groups is 1. The van der Waals surface area contributed by atoms with Crippen molar-refractivity contribution in [2.24, 2.45) is 0 Å². The van der Waals surface area contributed by atoms with Crippen LogP contribution in [0, 0.1) is 13.8 Å². The second kappa shape index (κ2) is 8.43. The molecule has 1 saturated heterocycles. The second-order valence-corrected chi connectivity index (χ2v) is 8.20. The normalized spacial score (nSPS) is 15.1. The Morgan fingerprint density at radius 2 is 1.88 bits per heavy atom. The number of furan rings is 1. The monoisotopic (exact) mass is 452 g/mol. The largest absolute Gasteiger partial charge is 0.508 e. The zero-order chi connectivity index (χ0) is 23.0. The number of phenolic OH excluding ortho intramolecular Hbond substituents is 1. The summed E-state index contributed by atoms with van der Waals surface area (Å²) in [6.07, 6.45) is 1.70. The van der Waals surface area contributed by atoms with E-state index < -0.39 is 17.1 Å². The molecular formula is C23H20N2O6S. The molecule has 164 valence electrons. The summed E-state index contributed by atoms with van der Waals surface area (Å²) >= 11 is 0.858. The molecule has 1 aromatic carbocycles. The maximum atomic E-state index is 12.9. The van der Waals surface area contributed by atoms with Gasteiger partial charge >= 0.3 is 5.97 Å². The number of aryl methyl sites for hydroxylation is 1. The maximum Gasteiger partial charge on any atom is 0.373 e. The highest BCUT2D eigenvalue weighted by molar-refractivity contribution is 8.18. The number of hydrogen-bond acceptors (Lipinski definition) is 7. The Kier molecular flexibility index (Phi) is 5.67. The van der Waals surface area contributed by atoms with E-state index in [0.29, 0.717) is 10.7 Å². The number of amides is 2. The second-order valence-electron chi connectivity index (χ2n) is 7.20. The Morgan fingerprint density at radius 1 is 1.16 bits per heavy atom. The lowest BCUT2D eigenvalue weighted by Crippen LogP contribution is -2.27. The first kappa shape index (κ1) is 21.5. The van der Waals surface area contributed by atoms with Crippen LogP contribution in [0.4, 0.5) is 4.79 Å². The van der Waals surface area contributed by atoms with Gasteiger partial charge in [-0.1, -0.05) is 0 Å². The molecule has 9 heteroatoms. The van der Waals surface area contributed by atoms with Crippen LogP contribution in [0.15, 0.2) is 51.8 Å². The van der Waals surface area contributed by atoms with Crippen LogP contribution in [-0.2, 0) is 16.1 Å². The quantitative estimate of drug-likeness (QED) is 0.452. The van der Waals surface area contributed by atoms with Gasteiger partial charge in [-0.15, -0.1) is 0 Å². The number of carbonyl (C=O) groups excluding carboxylic acids is 3. The zero-order valence-corrected chi connectivity index (χ0v) is 18.4. The number of phenols is 1. The van der Waals surface area contributed by atoms with Crippen molar-refractivity contribution in [3.05, 3.63) is 75.8 Å². The minimum atomic E-state index is -0.630. The first-order valence-corrected chi connectivity index (χ1v) is 10.5. The molecule has 3 heterocycles. The molecule has 0 saturated carbocycles. The Hall–Kier alpha value is -3.72. The summed E-state index contributed by atoms with van der Waals surface area (Å²) < 4.78 is 12.0. The predicted molar refractivity (Wildman–Crippen MR) is 118 cm³/mol. The number of benzene rings is 1. The molecule has 1 aliphatic heterocycles. The van der Waals surface area contributed by atoms with Crippen molar-refractivity contribution in [1.82, 2.24) is 9.47 Å². The molecule has 4 rings (SSSR count). The molecule has 0 bridgehead atoms. The summed E-state index contributed by atoms with van der Waals surface area (Å²) in [5, 5.41) is 9.13. The number of hydrogen-bond donors (Lipinski definition) is 1. The molecule has 1 N–H and O–H groups in total. The molecule has 0 spiro atoms. The Bertz CT molecular complexity index is 1250. The molecule has 2 aromatic heterocycles. The third-order valence-corrected chi connectivity index (χ3v) is 6.01. The van der Waals surface area contributed by atoms with Gasteiger partial charge in [-0.05, 0) is 79.7 Å². The number of imide groups is 1. The van der Waals surface area contributed by atoms with Gasteiger partial charge in [-0.25, -0.2) is 4.79 Å². The number of rotatable bonds is 5. The molecule has 0 atom stereocenters. The number of aromatic nitrogens is 1. The summed E-state index contributed by atoms with van der Waals surface area (Å²) in [6, 6.07) is 11.7. The van der Waals surface area contributed by atoms with E-state index in [9.17, 15) is 19.5 Å². The van der Waals surface area contributed by atoms with Crippen molar-refractivity contribution in [2.75, 3.05) is 7.11 Å². The molecule has 0 unspecified atom stereocenters. The van der Waals surface area contributed by atoms with E-state index in [-0.39, 0.29) is 18.1 Å². The number of ether oxygens (including phenoxy) is 1. The average Bonchev–Trinajstić information content (AvgIpc) is 3.42. The maximum absolute atomic E-state index is 12.9. The van der Waals surface area contributed by atoms with Gasteiger partial charge in [0.2, 0.25) is 5.76 Å². The van der Waals surface area contributed by atoms with Gasteiger partial charge < -0.3 is 18.8 Å². The third kappa shape index (κ3) is 3.94. The van der Waals surface area contributed by atoms with Crippen molar-refractivity contribution >= 4 is 35.0 Å². The molecule has 1 aliphatic rings. The molecule has 2 amide bonds. The van der Waals surface area contributed by atoms with Crippen LogP contribution in [0.25, 0.3) is 11.8 Å². The predicted octanol–water partition coefficient (Wildman–Crippen LogP) is 4.42. The highest BCUT2D eigenvalue weighted by atomic mass is 32.2. The highest BCUT2D eigenvalue weighted by Crippen LogP contribution is 2.35. The van der Waals surface area contributed by atoms with Crippen molar-refractivity contribution in [2.45, 2.75) is 20.4 Å². The summed E-state index contributed by atoms with van der Waals surface area (Å²) in [5.74, 6) is -0.564. The fraction of sp³-hybridized carbons (Fsp3) is 0.174. The standard InChI is InChI=1S/C23H20N2O6S/c1-13-10-15(14(2)25(13)16-4-6-17(26)7-5-16)11-20-21(27)24(23(29)32-20)12-18-8-9-19(31-18)22(28)30-3/h4-11,26H,12H2,1-3H3. The number of carbonyl (C=O) groups is 3. The van der Waals surface area contributed by atoms with E-state index >= 15 is 0 Å². The minimum absolute atomic E-state index is 0.00619. The van der Waals surface area contributed by atoms with Gasteiger partial charge in [0, 0.05) is 17.1 Å². The molecule has 0 aliphatic carbocycles. The molecule has 8 nitrogen and oxygen atoms in total. The van der Waals surface area contributed by atoms with Gasteiger partial charge in [0.25, 0.3) is 11.1 Å². The highest BCUT2D eigenvalue weighted by Gasteiger charge is 2.36. The zero-order valence-electron chi connectivity index (χ0n) is 17.6. The van der Waals surface area contributed by atoms with Crippen LogP contribution < -0.4 is 0 Å². The van der Waals surface area contributed by atoms with E-state index in [4.69, 9.17) is 4.42 Å². The van der Waals surface area contributed by atoms with Crippen LogP contribution in [0.5, 0.6) is 5.75 Å². The van der Waals surface area contributed by atoms with Gasteiger partial charge in [-0.3, -0.25) is 14.5 Å². The number of esters is 1. The van der Waals surface area contributed by atoms with Crippen LogP contribution >= 0.6 is 11.8 Å². The minimum Gasteiger partial charge on any atom is -0.508 e. The first-order valence-electron chi connectivity index (χ1n) is 9.69. The van der Waals surface area contributed by atoms with Crippen LogP contribution in [0.2, 0.25) is 0 Å². The van der Waals surface area contributed by atoms with E-state index in [1.807, 2.05) is 24.5 Å². The summed E-state index contributed by atoms with van der Waals surface area (Å²) in [4.78, 5) is 38.3. The average molecular weight is 452 g/mol. The lowest BCUT2D eigenvalue weighted by molar-refractivity contribution is -0.123. The topological polar surface area (TPSA) is 102 Å². The van der Waals surface area contributed by atoms with Gasteiger partial charge in [0.1, 0.15) is 11.5 Å². The van der Waals surface area contributed by atoms with E-state index in [2.05, 4.69) is 4.74 Å². The fourth-order valence-corrected chi connectivity index (χ4v) is 4.37. The molecule has 0 radical (unpaired) electrons. The third-order valence-electron chi connectivity index (χ3n) is 5.10. The summed E-state index contributed by atoms with van der Waals surface area (Å²) in [7, 11) is 1.24. The van der Waals surface area contributed by atoms with Gasteiger partial charge in [-0.2, -0.15) is 0 Å². The number of aromatic hydroxyl groups is 1. The molecule has 3 aromatic rings. The smallest absolute Gasteiger partial charge is 0.373 e. The molecular weight excluding hydrogens is 432 g/mol. The number of nitrogens with zero attached hydrogens (tertiary/aromatic N) is 2. The summed E-state index contributed by atoms with van der Waals surface area (Å²) in [5.41, 5.74) is 3.54. The Morgan fingerprint density at radius 3 is 2.56 bits per heavy atom. The van der Waals surface area contributed by atoms with E-state index in [0.717, 1.165) is 39.3 Å². The van der Waals surface area contributed by atoms with Crippen LogP contribution in [-0.4, -0.2) is 38.8 Å². The van der Waals surface area contributed by atoms with E-state index in [1.54, 1.807) is 30.3 Å². The van der Waals surface area contributed by atoms with Crippen molar-refractivity contribution < 1.29 is 28.6 Å². The van der Waals surface area contributed by atoms with Crippen LogP contribution in [0.1, 0.15) is 33.3 Å². The van der Waals surface area contributed by atoms with Gasteiger partial charge in [0.05, 0.1) is 18.6 Å². The lowest BCUT2D eigenvalue weighted by Gasteiger charge is -2.10. The lowest BCUT2D eigenvalue weighted by atomic mass is 10.2. The summed E-state index contributed by atoms with van der Waals surface area (Å²) in [6.45, 7) is 3.79. The Balaban J connectivity index is 1.58. The van der Waals surface area contributed by atoms with E-state index in [1.165, 1.54) is 19.2 Å². The van der Waals surface area contributed by atoms with Crippen LogP contribution in [0.3, 0.4) is 0 Å². The SMILES string of the molecule is COC(=O)c1ccc(CN2C(=O)SC(=Cc3cc(C)n(-c4ccc(O)cc4)c3C)C2=O)o1. The van der Waals surface area contributed by atoms with Crippen molar-refractivity contribution in [3.8, 4) is 11.4 Å². The number of methoxy groups -OCH3 is 1. The molecule has 32 heavy (non-hydrogen) atoms. The van der Waals surface area contributed by atoms with Crippen molar-refractivity contribution in [1.29, 1.82) is 0 Å².